The molecule has 1 atom stereocenters. The van der Waals surface area contributed by atoms with E-state index in [1.165, 1.54) is 29.5 Å². The van der Waals surface area contributed by atoms with Crippen LogP contribution >= 0.6 is 0 Å². The topological polar surface area (TPSA) is 12.0 Å². The molecule has 0 aromatic heterocycles. The molecule has 0 saturated carbocycles. The molecule has 0 radical (unpaired) electrons. The predicted octanol–water partition coefficient (Wildman–Crippen LogP) is 3.54. The SMILES string of the molecule is Cc1cccc(C2(C(C)C)CCCN2)c1C. The van der Waals surface area contributed by atoms with Crippen LogP contribution in [0.2, 0.25) is 0 Å². The fourth-order valence-corrected chi connectivity index (χ4v) is 3.04. The Hall–Kier alpha value is -0.820. The molecule has 1 aliphatic rings. The van der Waals surface area contributed by atoms with Crippen LogP contribution < -0.4 is 5.32 Å². The number of hydrogen-bond acceptors (Lipinski definition) is 1. The average molecular weight is 217 g/mol. The first-order valence-corrected chi connectivity index (χ1v) is 6.39. The Morgan fingerprint density at radius 2 is 2.00 bits per heavy atom. The first kappa shape index (κ1) is 11.7. The highest BCUT2D eigenvalue weighted by Crippen LogP contribution is 2.39. The quantitative estimate of drug-likeness (QED) is 0.799. The summed E-state index contributed by atoms with van der Waals surface area (Å²) in [7, 11) is 0. The molecule has 1 unspecified atom stereocenters. The lowest BCUT2D eigenvalue weighted by Crippen LogP contribution is -2.42. The minimum absolute atomic E-state index is 0.218. The highest BCUT2D eigenvalue weighted by molar-refractivity contribution is 5.39. The summed E-state index contributed by atoms with van der Waals surface area (Å²) in [5.74, 6) is 0.649. The van der Waals surface area contributed by atoms with E-state index in [2.05, 4.69) is 51.2 Å². The third-order valence-corrected chi connectivity index (χ3v) is 4.26. The van der Waals surface area contributed by atoms with Gasteiger partial charge in [-0.3, -0.25) is 0 Å². The normalized spacial score (nSPS) is 25.3. The Kier molecular flexibility index (Phi) is 3.07. The standard InChI is InChI=1S/C15H23N/c1-11(2)15(9-6-10-16-15)14-8-5-7-12(3)13(14)4/h5,7-8,11,16H,6,9-10H2,1-4H3. The molecule has 16 heavy (non-hydrogen) atoms. The van der Waals surface area contributed by atoms with Crippen LogP contribution in [-0.2, 0) is 5.54 Å². The fourth-order valence-electron chi connectivity index (χ4n) is 3.04. The number of nitrogens with one attached hydrogen (secondary N) is 1. The summed E-state index contributed by atoms with van der Waals surface area (Å²) < 4.78 is 0. The van der Waals surface area contributed by atoms with Crippen molar-refractivity contribution in [2.24, 2.45) is 5.92 Å². The minimum Gasteiger partial charge on any atom is -0.307 e. The summed E-state index contributed by atoms with van der Waals surface area (Å²) in [6.07, 6.45) is 2.57. The van der Waals surface area contributed by atoms with Crippen LogP contribution in [0.25, 0.3) is 0 Å². The van der Waals surface area contributed by atoms with Crippen LogP contribution in [0.3, 0.4) is 0 Å². The zero-order chi connectivity index (χ0) is 11.8. The maximum absolute atomic E-state index is 3.75. The van der Waals surface area contributed by atoms with E-state index in [0.29, 0.717) is 5.92 Å². The van der Waals surface area contributed by atoms with Gasteiger partial charge in [0.15, 0.2) is 0 Å². The molecule has 1 aromatic rings. The van der Waals surface area contributed by atoms with Crippen molar-refractivity contribution in [3.63, 3.8) is 0 Å². The smallest absolute Gasteiger partial charge is 0.0461 e. The van der Waals surface area contributed by atoms with Crippen LogP contribution in [0.15, 0.2) is 18.2 Å². The lowest BCUT2D eigenvalue weighted by molar-refractivity contribution is 0.276. The van der Waals surface area contributed by atoms with E-state index >= 15 is 0 Å². The van der Waals surface area contributed by atoms with Crippen LogP contribution in [-0.4, -0.2) is 6.54 Å². The molecule has 1 N–H and O–H groups in total. The lowest BCUT2D eigenvalue weighted by atomic mass is 9.76. The van der Waals surface area contributed by atoms with Gasteiger partial charge >= 0.3 is 0 Å². The van der Waals surface area contributed by atoms with Crippen molar-refractivity contribution in [1.29, 1.82) is 0 Å². The van der Waals surface area contributed by atoms with Crippen molar-refractivity contribution in [2.45, 2.75) is 46.1 Å². The first-order chi connectivity index (χ1) is 7.58. The third kappa shape index (κ3) is 1.67. The van der Waals surface area contributed by atoms with Gasteiger partial charge in [-0.15, -0.1) is 0 Å². The van der Waals surface area contributed by atoms with Gasteiger partial charge < -0.3 is 5.32 Å². The van der Waals surface area contributed by atoms with Crippen molar-refractivity contribution in [2.75, 3.05) is 6.54 Å². The monoisotopic (exact) mass is 217 g/mol. The number of benzene rings is 1. The Labute approximate surface area is 99.3 Å². The summed E-state index contributed by atoms with van der Waals surface area (Å²) >= 11 is 0. The van der Waals surface area contributed by atoms with Crippen LogP contribution in [0.5, 0.6) is 0 Å². The summed E-state index contributed by atoms with van der Waals surface area (Å²) in [6, 6.07) is 6.71. The first-order valence-electron chi connectivity index (χ1n) is 6.39. The summed E-state index contributed by atoms with van der Waals surface area (Å²) in [4.78, 5) is 0. The van der Waals surface area contributed by atoms with Gasteiger partial charge in [-0.2, -0.15) is 0 Å². The van der Waals surface area contributed by atoms with Crippen molar-refractivity contribution < 1.29 is 0 Å². The fraction of sp³-hybridized carbons (Fsp3) is 0.600. The molecular weight excluding hydrogens is 194 g/mol. The molecular formula is C15H23N. The van der Waals surface area contributed by atoms with Gasteiger partial charge in [0.25, 0.3) is 0 Å². The van der Waals surface area contributed by atoms with E-state index in [9.17, 15) is 0 Å². The molecule has 2 rings (SSSR count). The Bertz CT molecular complexity index is 373. The predicted molar refractivity (Wildman–Crippen MR) is 69.7 cm³/mol. The van der Waals surface area contributed by atoms with E-state index in [-0.39, 0.29) is 5.54 Å². The van der Waals surface area contributed by atoms with Gasteiger partial charge in [-0.1, -0.05) is 32.0 Å². The Morgan fingerprint density at radius 1 is 1.25 bits per heavy atom. The minimum atomic E-state index is 0.218. The van der Waals surface area contributed by atoms with E-state index < -0.39 is 0 Å². The largest absolute Gasteiger partial charge is 0.307 e. The molecule has 1 aliphatic heterocycles. The summed E-state index contributed by atoms with van der Waals surface area (Å²) in [5, 5.41) is 3.75. The highest BCUT2D eigenvalue weighted by atomic mass is 15.0. The molecule has 0 spiro atoms. The van der Waals surface area contributed by atoms with Crippen molar-refractivity contribution in [3.05, 3.63) is 34.9 Å². The second-order valence-electron chi connectivity index (χ2n) is 5.40. The molecule has 1 fully saturated rings. The third-order valence-electron chi connectivity index (χ3n) is 4.26. The van der Waals surface area contributed by atoms with Crippen molar-refractivity contribution in [3.8, 4) is 0 Å². The molecule has 1 heterocycles. The molecule has 1 nitrogen and oxygen atoms in total. The molecule has 1 saturated heterocycles. The van der Waals surface area contributed by atoms with Gasteiger partial charge in [-0.05, 0) is 55.8 Å². The van der Waals surface area contributed by atoms with Gasteiger partial charge in [0.05, 0.1) is 0 Å². The van der Waals surface area contributed by atoms with E-state index in [1.807, 2.05) is 0 Å². The van der Waals surface area contributed by atoms with E-state index in [1.54, 1.807) is 0 Å². The maximum atomic E-state index is 3.75. The van der Waals surface area contributed by atoms with Crippen molar-refractivity contribution >= 4 is 0 Å². The second kappa shape index (κ2) is 4.21. The summed E-state index contributed by atoms with van der Waals surface area (Å²) in [6.45, 7) is 10.3. The van der Waals surface area contributed by atoms with Crippen LogP contribution in [0.1, 0.15) is 43.4 Å². The molecule has 0 bridgehead atoms. The van der Waals surface area contributed by atoms with Gasteiger partial charge in [0, 0.05) is 5.54 Å². The zero-order valence-corrected chi connectivity index (χ0v) is 10.9. The van der Waals surface area contributed by atoms with Crippen LogP contribution in [0, 0.1) is 19.8 Å². The van der Waals surface area contributed by atoms with E-state index in [0.717, 1.165) is 6.54 Å². The molecule has 1 aromatic carbocycles. The van der Waals surface area contributed by atoms with Crippen molar-refractivity contribution in [1.82, 2.24) is 5.32 Å². The van der Waals surface area contributed by atoms with Gasteiger partial charge in [0.2, 0.25) is 0 Å². The zero-order valence-electron chi connectivity index (χ0n) is 10.9. The number of hydrogen-bond donors (Lipinski definition) is 1. The molecule has 0 amide bonds. The molecule has 0 aliphatic carbocycles. The van der Waals surface area contributed by atoms with E-state index in [4.69, 9.17) is 0 Å². The average Bonchev–Trinajstić information content (AvgIpc) is 2.72. The molecule has 1 heteroatoms. The maximum Gasteiger partial charge on any atom is 0.0461 e. The highest BCUT2D eigenvalue weighted by Gasteiger charge is 2.39. The van der Waals surface area contributed by atoms with Crippen LogP contribution in [0.4, 0.5) is 0 Å². The van der Waals surface area contributed by atoms with Gasteiger partial charge in [-0.25, -0.2) is 0 Å². The Morgan fingerprint density at radius 3 is 2.56 bits per heavy atom. The summed E-state index contributed by atoms with van der Waals surface area (Å²) in [5.41, 5.74) is 4.60. The Balaban J connectivity index is 2.51. The van der Waals surface area contributed by atoms with Gasteiger partial charge in [0.1, 0.15) is 0 Å². The number of aryl methyl sites for hydroxylation is 1. The number of rotatable bonds is 2. The molecule has 88 valence electrons. The lowest BCUT2D eigenvalue weighted by Gasteiger charge is -2.36. The second-order valence-corrected chi connectivity index (χ2v) is 5.40.